The van der Waals surface area contributed by atoms with E-state index in [-0.39, 0.29) is 11.2 Å². The average molecular weight is 375 g/mol. The van der Waals surface area contributed by atoms with Gasteiger partial charge in [-0.25, -0.2) is 9.97 Å². The maximum absolute atomic E-state index is 12.9. The number of aryl methyl sites for hydroxylation is 1. The minimum absolute atomic E-state index is 0.0278. The lowest BCUT2D eigenvalue weighted by Gasteiger charge is -2.16. The first-order valence-corrected chi connectivity index (χ1v) is 10.00. The molecule has 4 rings (SSSR count). The highest BCUT2D eigenvalue weighted by Crippen LogP contribution is 2.35. The lowest BCUT2D eigenvalue weighted by atomic mass is 10.1. The molecule has 27 heavy (non-hydrogen) atoms. The summed E-state index contributed by atoms with van der Waals surface area (Å²) in [6.07, 6.45) is 2.13. The van der Waals surface area contributed by atoms with Crippen LogP contribution in [0.15, 0.2) is 71.9 Å². The fourth-order valence-electron chi connectivity index (χ4n) is 2.86. The molecule has 1 aliphatic rings. The van der Waals surface area contributed by atoms with Crippen molar-refractivity contribution >= 4 is 17.7 Å². The molecule has 2 aromatic carbocycles. The van der Waals surface area contributed by atoms with Crippen LogP contribution in [-0.2, 0) is 4.79 Å². The summed E-state index contributed by atoms with van der Waals surface area (Å²) in [7, 11) is 0. The van der Waals surface area contributed by atoms with Crippen LogP contribution in [-0.4, -0.2) is 21.9 Å². The molecular formula is C22H21N3OS. The van der Waals surface area contributed by atoms with Crippen LogP contribution in [0.1, 0.15) is 29.3 Å². The van der Waals surface area contributed by atoms with Crippen LogP contribution in [0.2, 0.25) is 0 Å². The molecule has 0 unspecified atom stereocenters. The van der Waals surface area contributed by atoms with Gasteiger partial charge in [-0.15, -0.1) is 0 Å². The van der Waals surface area contributed by atoms with Crippen molar-refractivity contribution in [2.24, 2.45) is 0 Å². The zero-order chi connectivity index (χ0) is 18.6. The Hall–Kier alpha value is -2.66. The first kappa shape index (κ1) is 17.7. The highest BCUT2D eigenvalue weighted by molar-refractivity contribution is 8.00. The number of aromatic nitrogens is 2. The molecule has 1 aliphatic carbocycles. The average Bonchev–Trinajstić information content (AvgIpc) is 3.51. The molecule has 0 saturated heterocycles. The Kier molecular flexibility index (Phi) is 5.21. The van der Waals surface area contributed by atoms with Crippen molar-refractivity contribution in [3.05, 3.63) is 78.0 Å². The third kappa shape index (κ3) is 4.55. The molecule has 0 bridgehead atoms. The standard InChI is InChI=1S/C22H21N3OS/c1-15-14-19(16-8-4-2-5-9-16)25-22(23-15)27-20(17-10-6-3-7-11-17)21(26)24-18-12-13-18/h2-11,14,18,20H,12-13H2,1H3,(H,24,26)/t20-/m0/s1. The van der Waals surface area contributed by atoms with Gasteiger partial charge in [-0.3, -0.25) is 4.79 Å². The minimum Gasteiger partial charge on any atom is -0.352 e. The summed E-state index contributed by atoms with van der Waals surface area (Å²) in [6.45, 7) is 1.96. The Morgan fingerprint density at radius 2 is 1.70 bits per heavy atom. The summed E-state index contributed by atoms with van der Waals surface area (Å²) in [6, 6.07) is 22.2. The van der Waals surface area contributed by atoms with E-state index in [1.165, 1.54) is 11.8 Å². The lowest BCUT2D eigenvalue weighted by Crippen LogP contribution is -2.29. The molecule has 0 radical (unpaired) electrons. The zero-order valence-electron chi connectivity index (χ0n) is 15.1. The van der Waals surface area contributed by atoms with Gasteiger partial charge in [0.15, 0.2) is 5.16 Å². The second-order valence-corrected chi connectivity index (χ2v) is 7.81. The Balaban J connectivity index is 1.64. The van der Waals surface area contributed by atoms with Gasteiger partial charge in [-0.2, -0.15) is 0 Å². The number of benzene rings is 2. The number of carbonyl (C=O) groups excluding carboxylic acids is 1. The van der Waals surface area contributed by atoms with Gasteiger partial charge in [0, 0.05) is 17.3 Å². The van der Waals surface area contributed by atoms with Crippen LogP contribution in [0.4, 0.5) is 0 Å². The third-order valence-corrected chi connectivity index (χ3v) is 5.51. The van der Waals surface area contributed by atoms with Gasteiger partial charge in [0.1, 0.15) is 5.25 Å². The molecule has 0 spiro atoms. The van der Waals surface area contributed by atoms with E-state index in [1.807, 2.05) is 73.7 Å². The van der Waals surface area contributed by atoms with Crippen LogP contribution in [0.3, 0.4) is 0 Å². The van der Waals surface area contributed by atoms with Crippen molar-refractivity contribution < 1.29 is 4.79 Å². The van der Waals surface area contributed by atoms with E-state index in [1.54, 1.807) is 0 Å². The molecule has 1 aromatic heterocycles. The molecule has 4 nitrogen and oxygen atoms in total. The first-order valence-electron chi connectivity index (χ1n) is 9.12. The van der Waals surface area contributed by atoms with Gasteiger partial charge in [0.2, 0.25) is 5.91 Å². The summed E-state index contributed by atoms with van der Waals surface area (Å²) in [4.78, 5) is 22.1. The monoisotopic (exact) mass is 375 g/mol. The van der Waals surface area contributed by atoms with Crippen molar-refractivity contribution in [2.45, 2.75) is 36.2 Å². The quantitative estimate of drug-likeness (QED) is 0.507. The van der Waals surface area contributed by atoms with Gasteiger partial charge in [-0.05, 0) is 31.4 Å². The molecule has 3 aromatic rings. The van der Waals surface area contributed by atoms with Crippen LogP contribution in [0.5, 0.6) is 0 Å². The normalized spacial score (nSPS) is 14.6. The van der Waals surface area contributed by atoms with Crippen LogP contribution in [0.25, 0.3) is 11.3 Å². The van der Waals surface area contributed by atoms with E-state index in [9.17, 15) is 4.79 Å². The number of amides is 1. The number of thioether (sulfide) groups is 1. The Morgan fingerprint density at radius 3 is 2.37 bits per heavy atom. The highest BCUT2D eigenvalue weighted by atomic mass is 32.2. The molecule has 1 fully saturated rings. The van der Waals surface area contributed by atoms with Gasteiger partial charge in [0.25, 0.3) is 0 Å². The predicted molar refractivity (Wildman–Crippen MR) is 108 cm³/mol. The second-order valence-electron chi connectivity index (χ2n) is 6.73. The molecule has 1 saturated carbocycles. The van der Waals surface area contributed by atoms with Crippen molar-refractivity contribution in [1.82, 2.24) is 15.3 Å². The first-order chi connectivity index (χ1) is 13.2. The van der Waals surface area contributed by atoms with E-state index in [2.05, 4.69) is 10.3 Å². The number of nitrogens with one attached hydrogen (secondary N) is 1. The number of carbonyl (C=O) groups is 1. The van der Waals surface area contributed by atoms with E-state index in [0.29, 0.717) is 11.2 Å². The zero-order valence-corrected chi connectivity index (χ0v) is 15.9. The van der Waals surface area contributed by atoms with Crippen LogP contribution in [0, 0.1) is 6.92 Å². The van der Waals surface area contributed by atoms with Crippen molar-refractivity contribution in [2.75, 3.05) is 0 Å². The molecule has 5 heteroatoms. The minimum atomic E-state index is -0.364. The lowest BCUT2D eigenvalue weighted by molar-refractivity contribution is -0.120. The predicted octanol–water partition coefficient (Wildman–Crippen LogP) is 4.56. The molecule has 1 amide bonds. The summed E-state index contributed by atoms with van der Waals surface area (Å²) >= 11 is 1.41. The van der Waals surface area contributed by atoms with Crippen molar-refractivity contribution in [3.8, 4) is 11.3 Å². The fraction of sp³-hybridized carbons (Fsp3) is 0.227. The summed E-state index contributed by atoms with van der Waals surface area (Å²) < 4.78 is 0. The van der Waals surface area contributed by atoms with E-state index < -0.39 is 0 Å². The van der Waals surface area contributed by atoms with Crippen LogP contribution < -0.4 is 5.32 Å². The van der Waals surface area contributed by atoms with Gasteiger partial charge >= 0.3 is 0 Å². The number of hydrogen-bond acceptors (Lipinski definition) is 4. The number of nitrogens with zero attached hydrogens (tertiary/aromatic N) is 2. The topological polar surface area (TPSA) is 54.9 Å². The summed E-state index contributed by atoms with van der Waals surface area (Å²) in [5, 5.41) is 3.37. The Bertz CT molecular complexity index is 927. The number of rotatable bonds is 6. The third-order valence-electron chi connectivity index (χ3n) is 4.39. The summed E-state index contributed by atoms with van der Waals surface area (Å²) in [5.74, 6) is 0.0278. The maximum Gasteiger partial charge on any atom is 0.238 e. The van der Waals surface area contributed by atoms with Crippen LogP contribution >= 0.6 is 11.8 Å². The smallest absolute Gasteiger partial charge is 0.238 e. The number of hydrogen-bond donors (Lipinski definition) is 1. The Labute approximate surface area is 163 Å². The van der Waals surface area contributed by atoms with Gasteiger partial charge < -0.3 is 5.32 Å². The van der Waals surface area contributed by atoms with E-state index >= 15 is 0 Å². The fourth-order valence-corrected chi connectivity index (χ4v) is 3.89. The molecule has 1 N–H and O–H groups in total. The van der Waals surface area contributed by atoms with Crippen molar-refractivity contribution in [1.29, 1.82) is 0 Å². The van der Waals surface area contributed by atoms with Crippen molar-refractivity contribution in [3.63, 3.8) is 0 Å². The summed E-state index contributed by atoms with van der Waals surface area (Å²) in [5.41, 5.74) is 3.77. The molecule has 1 heterocycles. The molecule has 136 valence electrons. The maximum atomic E-state index is 12.9. The largest absolute Gasteiger partial charge is 0.352 e. The highest BCUT2D eigenvalue weighted by Gasteiger charge is 2.29. The van der Waals surface area contributed by atoms with E-state index in [4.69, 9.17) is 4.98 Å². The van der Waals surface area contributed by atoms with Gasteiger partial charge in [-0.1, -0.05) is 72.4 Å². The molecule has 0 aliphatic heterocycles. The van der Waals surface area contributed by atoms with E-state index in [0.717, 1.165) is 35.4 Å². The SMILES string of the molecule is Cc1cc(-c2ccccc2)nc(S[C@H](C(=O)NC2CC2)c2ccccc2)n1. The Morgan fingerprint density at radius 1 is 1.04 bits per heavy atom. The molecule has 1 atom stereocenters. The molecular weight excluding hydrogens is 354 g/mol. The van der Waals surface area contributed by atoms with Gasteiger partial charge in [0.05, 0.1) is 5.69 Å². The second kappa shape index (κ2) is 7.92.